The van der Waals surface area contributed by atoms with Gasteiger partial charge in [0.2, 0.25) is 15.9 Å². The highest BCUT2D eigenvalue weighted by molar-refractivity contribution is 7.88. The van der Waals surface area contributed by atoms with Gasteiger partial charge in [-0.1, -0.05) is 84.4 Å². The molecule has 7 heteroatoms. The van der Waals surface area contributed by atoms with E-state index < -0.39 is 16.1 Å². The van der Waals surface area contributed by atoms with Crippen LogP contribution in [0.15, 0.2) is 84.9 Å². The first kappa shape index (κ1) is 22.0. The van der Waals surface area contributed by atoms with Gasteiger partial charge in [0.1, 0.15) is 0 Å². The number of nitrogens with one attached hydrogen (secondary N) is 2. The van der Waals surface area contributed by atoms with E-state index in [1.165, 1.54) is 0 Å². The molecule has 2 N–H and O–H groups in total. The molecule has 0 saturated heterocycles. The monoisotopic (exact) mass is 442 g/mol. The minimum absolute atomic E-state index is 0.0507. The average molecular weight is 443 g/mol. The van der Waals surface area contributed by atoms with Gasteiger partial charge in [-0.3, -0.25) is 4.79 Å². The molecule has 0 saturated carbocycles. The molecule has 3 aromatic rings. The molecule has 3 aromatic carbocycles. The fourth-order valence-corrected chi connectivity index (χ4v) is 4.10. The van der Waals surface area contributed by atoms with E-state index in [0.29, 0.717) is 10.6 Å². The van der Waals surface area contributed by atoms with Gasteiger partial charge in [0.15, 0.2) is 0 Å². The van der Waals surface area contributed by atoms with E-state index in [-0.39, 0.29) is 18.4 Å². The summed E-state index contributed by atoms with van der Waals surface area (Å²) < 4.78 is 26.3. The highest BCUT2D eigenvalue weighted by Gasteiger charge is 2.23. The second-order valence-electron chi connectivity index (χ2n) is 7.02. The third kappa shape index (κ3) is 6.42. The summed E-state index contributed by atoms with van der Waals surface area (Å²) in [6, 6.07) is 25.0. The van der Waals surface area contributed by atoms with Crippen molar-refractivity contribution in [2.75, 3.05) is 6.26 Å². The summed E-state index contributed by atoms with van der Waals surface area (Å²) in [7, 11) is -3.52. The van der Waals surface area contributed by atoms with E-state index in [4.69, 9.17) is 11.6 Å². The van der Waals surface area contributed by atoms with Crippen molar-refractivity contribution in [3.63, 3.8) is 0 Å². The molecule has 0 bridgehead atoms. The van der Waals surface area contributed by atoms with E-state index in [1.807, 2.05) is 60.7 Å². The van der Waals surface area contributed by atoms with Crippen LogP contribution in [0.1, 0.15) is 35.2 Å². The highest BCUT2D eigenvalue weighted by atomic mass is 35.5. The summed E-state index contributed by atoms with van der Waals surface area (Å²) in [6.07, 6.45) is 1.02. The van der Waals surface area contributed by atoms with Crippen molar-refractivity contribution in [3.8, 4) is 0 Å². The van der Waals surface area contributed by atoms with Crippen LogP contribution in [-0.2, 0) is 14.8 Å². The summed E-state index contributed by atoms with van der Waals surface area (Å²) in [6.45, 7) is 0. The summed E-state index contributed by atoms with van der Waals surface area (Å²) in [4.78, 5) is 13.0. The zero-order valence-electron chi connectivity index (χ0n) is 16.5. The van der Waals surface area contributed by atoms with Gasteiger partial charge in [-0.05, 0) is 28.8 Å². The lowest BCUT2D eigenvalue weighted by atomic mass is 9.98. The number of hydrogen-bond donors (Lipinski definition) is 2. The number of benzene rings is 3. The molecule has 0 aliphatic heterocycles. The average Bonchev–Trinajstić information content (AvgIpc) is 2.72. The highest BCUT2D eigenvalue weighted by Crippen LogP contribution is 2.24. The van der Waals surface area contributed by atoms with Crippen molar-refractivity contribution < 1.29 is 13.2 Å². The van der Waals surface area contributed by atoms with Gasteiger partial charge in [-0.2, -0.15) is 0 Å². The quantitative estimate of drug-likeness (QED) is 0.548. The Morgan fingerprint density at radius 1 is 0.833 bits per heavy atom. The lowest BCUT2D eigenvalue weighted by Crippen LogP contribution is -2.35. The summed E-state index contributed by atoms with van der Waals surface area (Å²) in [5.74, 6) is -0.274. The number of carbonyl (C=O) groups excluding carboxylic acids is 1. The Kier molecular flexibility index (Phi) is 7.26. The number of amides is 1. The van der Waals surface area contributed by atoms with Crippen LogP contribution in [0.4, 0.5) is 0 Å². The predicted octanol–water partition coefficient (Wildman–Crippen LogP) is 4.23. The predicted molar refractivity (Wildman–Crippen MR) is 120 cm³/mol. The Morgan fingerprint density at radius 2 is 1.33 bits per heavy atom. The third-order valence-electron chi connectivity index (χ3n) is 4.59. The van der Waals surface area contributed by atoms with Gasteiger partial charge < -0.3 is 5.32 Å². The Morgan fingerprint density at radius 3 is 1.80 bits per heavy atom. The Hall–Kier alpha value is -2.67. The van der Waals surface area contributed by atoms with Gasteiger partial charge in [0, 0.05) is 11.4 Å². The normalized spacial score (nSPS) is 12.5. The van der Waals surface area contributed by atoms with Gasteiger partial charge >= 0.3 is 0 Å². The standard InChI is InChI=1S/C23H23ClN2O3S/c1-30(28,29)26-21(17-12-14-20(24)15-13-17)16-22(27)25-23(18-8-4-2-5-9-18)19-10-6-3-7-11-19/h2-15,21,23,26H,16H2,1H3,(H,25,27)/t21-/m1/s1. The molecule has 0 heterocycles. The van der Waals surface area contributed by atoms with Crippen molar-refractivity contribution in [1.82, 2.24) is 10.0 Å². The molecule has 0 fully saturated rings. The molecule has 3 rings (SSSR count). The smallest absolute Gasteiger partial charge is 0.222 e. The van der Waals surface area contributed by atoms with Crippen molar-refractivity contribution >= 4 is 27.5 Å². The zero-order valence-corrected chi connectivity index (χ0v) is 18.0. The van der Waals surface area contributed by atoms with E-state index in [0.717, 1.165) is 17.4 Å². The minimum atomic E-state index is -3.52. The molecule has 156 valence electrons. The van der Waals surface area contributed by atoms with Crippen LogP contribution in [0.25, 0.3) is 0 Å². The van der Waals surface area contributed by atoms with E-state index in [9.17, 15) is 13.2 Å². The van der Waals surface area contributed by atoms with E-state index in [1.54, 1.807) is 24.3 Å². The summed E-state index contributed by atoms with van der Waals surface area (Å²) in [5, 5.41) is 3.58. The largest absolute Gasteiger partial charge is 0.345 e. The van der Waals surface area contributed by atoms with Gasteiger partial charge in [-0.25, -0.2) is 13.1 Å². The van der Waals surface area contributed by atoms with Crippen molar-refractivity contribution in [2.45, 2.75) is 18.5 Å². The van der Waals surface area contributed by atoms with Gasteiger partial charge in [0.25, 0.3) is 0 Å². The van der Waals surface area contributed by atoms with E-state index in [2.05, 4.69) is 10.0 Å². The molecule has 1 atom stereocenters. The summed E-state index contributed by atoms with van der Waals surface area (Å²) >= 11 is 5.94. The number of hydrogen-bond acceptors (Lipinski definition) is 3. The zero-order chi connectivity index (χ0) is 21.6. The van der Waals surface area contributed by atoms with Crippen molar-refractivity contribution in [3.05, 3.63) is 107 Å². The first-order chi connectivity index (χ1) is 14.3. The molecular formula is C23H23ClN2O3S. The number of rotatable bonds is 8. The molecule has 0 aromatic heterocycles. The maximum atomic E-state index is 13.0. The lowest BCUT2D eigenvalue weighted by molar-refractivity contribution is -0.122. The molecule has 0 aliphatic rings. The molecule has 5 nitrogen and oxygen atoms in total. The molecule has 1 amide bonds. The fraction of sp³-hybridized carbons (Fsp3) is 0.174. The van der Waals surface area contributed by atoms with Crippen LogP contribution in [0.3, 0.4) is 0 Å². The Bertz CT molecular complexity index is 1030. The number of carbonyl (C=O) groups is 1. The Balaban J connectivity index is 1.84. The maximum absolute atomic E-state index is 13.0. The van der Waals surface area contributed by atoms with Gasteiger partial charge in [0.05, 0.1) is 18.3 Å². The van der Waals surface area contributed by atoms with Crippen LogP contribution < -0.4 is 10.0 Å². The van der Waals surface area contributed by atoms with Gasteiger partial charge in [-0.15, -0.1) is 0 Å². The first-order valence-corrected chi connectivity index (χ1v) is 11.7. The van der Waals surface area contributed by atoms with Crippen LogP contribution in [0.5, 0.6) is 0 Å². The van der Waals surface area contributed by atoms with E-state index >= 15 is 0 Å². The molecule has 0 unspecified atom stereocenters. The Labute approximate surface area is 182 Å². The molecule has 0 radical (unpaired) electrons. The maximum Gasteiger partial charge on any atom is 0.222 e. The molecule has 30 heavy (non-hydrogen) atoms. The lowest BCUT2D eigenvalue weighted by Gasteiger charge is -2.23. The van der Waals surface area contributed by atoms with Crippen LogP contribution >= 0.6 is 11.6 Å². The van der Waals surface area contributed by atoms with Crippen molar-refractivity contribution in [2.24, 2.45) is 0 Å². The molecular weight excluding hydrogens is 420 g/mol. The van der Waals surface area contributed by atoms with Crippen LogP contribution in [0, 0.1) is 0 Å². The second-order valence-corrected chi connectivity index (χ2v) is 9.24. The SMILES string of the molecule is CS(=O)(=O)N[C@H](CC(=O)NC(c1ccccc1)c1ccccc1)c1ccc(Cl)cc1. The summed E-state index contributed by atoms with van der Waals surface area (Å²) in [5.41, 5.74) is 2.54. The van der Waals surface area contributed by atoms with Crippen LogP contribution in [-0.4, -0.2) is 20.6 Å². The molecule has 0 aliphatic carbocycles. The second kappa shape index (κ2) is 9.89. The number of sulfonamides is 1. The fourth-order valence-electron chi connectivity index (χ4n) is 3.24. The van der Waals surface area contributed by atoms with Crippen LogP contribution in [0.2, 0.25) is 5.02 Å². The topological polar surface area (TPSA) is 75.3 Å². The number of halogens is 1. The first-order valence-electron chi connectivity index (χ1n) is 9.44. The van der Waals surface area contributed by atoms with Crippen molar-refractivity contribution in [1.29, 1.82) is 0 Å². The molecule has 0 spiro atoms. The third-order valence-corrected chi connectivity index (χ3v) is 5.55. The minimum Gasteiger partial charge on any atom is -0.345 e.